The van der Waals surface area contributed by atoms with E-state index >= 15 is 0 Å². The molecule has 3 aromatic rings. The maximum absolute atomic E-state index is 12.9. The number of amides is 1. The minimum atomic E-state index is -0.562. The average Bonchev–Trinajstić information content (AvgIpc) is 3.23. The van der Waals surface area contributed by atoms with E-state index in [1.807, 2.05) is 0 Å². The second-order valence-corrected chi connectivity index (χ2v) is 6.88. The molecule has 0 spiro atoms. The summed E-state index contributed by atoms with van der Waals surface area (Å²) in [6.45, 7) is 0.422. The monoisotopic (exact) mass is 401 g/mol. The maximum Gasteiger partial charge on any atom is 0.295 e. The molecule has 0 saturated carbocycles. The molecule has 144 valence electrons. The molecule has 0 fully saturated rings. The van der Waals surface area contributed by atoms with Crippen molar-refractivity contribution in [3.05, 3.63) is 76.6 Å². The van der Waals surface area contributed by atoms with Gasteiger partial charge in [0.1, 0.15) is 24.2 Å². The topological polar surface area (TPSA) is 103 Å². The van der Waals surface area contributed by atoms with Crippen molar-refractivity contribution in [2.45, 2.75) is 11.3 Å². The Labute approximate surface area is 163 Å². The van der Waals surface area contributed by atoms with Gasteiger partial charge in [0.05, 0.1) is 4.92 Å². The summed E-state index contributed by atoms with van der Waals surface area (Å²) < 4.78 is 14.1. The van der Waals surface area contributed by atoms with E-state index in [1.54, 1.807) is 23.9 Å². The first-order valence-electron chi connectivity index (χ1n) is 8.34. The van der Waals surface area contributed by atoms with Crippen LogP contribution in [0.25, 0.3) is 5.69 Å². The van der Waals surface area contributed by atoms with E-state index in [9.17, 15) is 19.3 Å². The number of hydrogen-bond donors (Lipinski definition) is 1. The highest BCUT2D eigenvalue weighted by atomic mass is 32.2. The third kappa shape index (κ3) is 4.92. The Morgan fingerprint density at radius 1 is 1.25 bits per heavy atom. The minimum absolute atomic E-state index is 0.196. The van der Waals surface area contributed by atoms with Gasteiger partial charge in [0.2, 0.25) is 0 Å². The van der Waals surface area contributed by atoms with E-state index in [0.29, 0.717) is 13.0 Å². The van der Waals surface area contributed by atoms with Crippen LogP contribution in [0.4, 0.5) is 10.1 Å². The van der Waals surface area contributed by atoms with Crippen LogP contribution in [0.15, 0.2) is 60.0 Å². The lowest BCUT2D eigenvalue weighted by molar-refractivity contribution is -0.384. The zero-order chi connectivity index (χ0) is 19.9. The van der Waals surface area contributed by atoms with Crippen LogP contribution in [-0.2, 0) is 0 Å². The number of hydrogen-bond acceptors (Lipinski definition) is 6. The summed E-state index contributed by atoms with van der Waals surface area (Å²) in [4.78, 5) is 27.8. The van der Waals surface area contributed by atoms with Gasteiger partial charge in [0, 0.05) is 23.1 Å². The molecule has 0 aliphatic carbocycles. The molecular formula is C18H16FN5O3S. The van der Waals surface area contributed by atoms with Gasteiger partial charge in [-0.3, -0.25) is 14.9 Å². The number of carbonyl (C=O) groups is 1. The van der Waals surface area contributed by atoms with Crippen molar-refractivity contribution in [1.29, 1.82) is 0 Å². The zero-order valence-electron chi connectivity index (χ0n) is 14.6. The second-order valence-electron chi connectivity index (χ2n) is 5.71. The lowest BCUT2D eigenvalue weighted by Crippen LogP contribution is -2.25. The molecule has 0 aliphatic heterocycles. The van der Waals surface area contributed by atoms with Gasteiger partial charge in [-0.2, -0.15) is 5.10 Å². The molecule has 1 heterocycles. The summed E-state index contributed by atoms with van der Waals surface area (Å²) in [6, 6.07) is 10.4. The third-order valence-electron chi connectivity index (χ3n) is 3.79. The highest BCUT2D eigenvalue weighted by molar-refractivity contribution is 7.99. The van der Waals surface area contributed by atoms with Gasteiger partial charge in [-0.1, -0.05) is 0 Å². The van der Waals surface area contributed by atoms with Crippen molar-refractivity contribution in [3.8, 4) is 5.69 Å². The fraction of sp³-hybridized carbons (Fsp3) is 0.167. The van der Waals surface area contributed by atoms with Gasteiger partial charge in [0.15, 0.2) is 0 Å². The number of nitro benzene ring substituents is 1. The van der Waals surface area contributed by atoms with Crippen molar-refractivity contribution in [2.75, 3.05) is 12.3 Å². The van der Waals surface area contributed by atoms with Crippen LogP contribution in [0.5, 0.6) is 0 Å². The summed E-state index contributed by atoms with van der Waals surface area (Å²) in [5.41, 5.74) is 0.196. The van der Waals surface area contributed by atoms with Crippen molar-refractivity contribution in [2.24, 2.45) is 0 Å². The Hall–Kier alpha value is -3.27. The first-order chi connectivity index (χ1) is 13.5. The van der Waals surface area contributed by atoms with Crippen LogP contribution in [0.1, 0.15) is 16.8 Å². The zero-order valence-corrected chi connectivity index (χ0v) is 15.4. The molecule has 1 amide bonds. The second kappa shape index (κ2) is 9.09. The highest BCUT2D eigenvalue weighted by Crippen LogP contribution is 2.23. The smallest absolute Gasteiger partial charge is 0.295 e. The number of nitrogens with zero attached hydrogens (tertiary/aromatic N) is 4. The molecule has 0 aliphatic rings. The van der Waals surface area contributed by atoms with Crippen molar-refractivity contribution < 1.29 is 14.1 Å². The van der Waals surface area contributed by atoms with E-state index in [2.05, 4.69) is 15.4 Å². The summed E-state index contributed by atoms with van der Waals surface area (Å²) in [5.74, 6) is 0.0812. The molecule has 2 aromatic carbocycles. The molecule has 0 saturated heterocycles. The van der Waals surface area contributed by atoms with E-state index in [0.717, 1.165) is 10.6 Å². The van der Waals surface area contributed by atoms with E-state index in [4.69, 9.17) is 0 Å². The normalized spacial score (nSPS) is 10.6. The largest absolute Gasteiger partial charge is 0.352 e. The number of aromatic nitrogens is 3. The molecule has 0 bridgehead atoms. The Morgan fingerprint density at radius 3 is 2.71 bits per heavy atom. The number of nitro groups is 1. The molecule has 1 N–H and O–H groups in total. The van der Waals surface area contributed by atoms with Crippen molar-refractivity contribution in [3.63, 3.8) is 0 Å². The Bertz CT molecular complexity index is 964. The Morgan fingerprint density at radius 2 is 2.04 bits per heavy atom. The number of carbonyl (C=O) groups excluding carboxylic acids is 1. The van der Waals surface area contributed by atoms with Crippen molar-refractivity contribution >= 4 is 23.4 Å². The Balaban J connectivity index is 1.54. The van der Waals surface area contributed by atoms with Crippen LogP contribution < -0.4 is 5.32 Å². The molecule has 8 nitrogen and oxygen atoms in total. The summed E-state index contributed by atoms with van der Waals surface area (Å²) >= 11 is 1.56. The first kappa shape index (κ1) is 19.5. The summed E-state index contributed by atoms with van der Waals surface area (Å²) in [7, 11) is 0. The van der Waals surface area contributed by atoms with Crippen LogP contribution in [-0.4, -0.2) is 37.9 Å². The molecule has 0 atom stereocenters. The van der Waals surface area contributed by atoms with Crippen LogP contribution in [0.2, 0.25) is 0 Å². The number of nitrogens with one attached hydrogen (secondary N) is 1. The summed E-state index contributed by atoms with van der Waals surface area (Å²) in [5, 5.41) is 18.0. The number of thioether (sulfide) groups is 1. The maximum atomic E-state index is 12.9. The van der Waals surface area contributed by atoms with Gasteiger partial charge in [-0.25, -0.2) is 14.1 Å². The van der Waals surface area contributed by atoms with Gasteiger partial charge in [-0.05, 0) is 48.6 Å². The first-order valence-corrected chi connectivity index (χ1v) is 9.33. The van der Waals surface area contributed by atoms with Crippen LogP contribution >= 0.6 is 11.8 Å². The molecule has 1 aromatic heterocycles. The van der Waals surface area contributed by atoms with E-state index < -0.39 is 4.92 Å². The van der Waals surface area contributed by atoms with Crippen LogP contribution in [0.3, 0.4) is 0 Å². The fourth-order valence-corrected chi connectivity index (χ4v) is 3.29. The van der Waals surface area contributed by atoms with Gasteiger partial charge in [0.25, 0.3) is 11.6 Å². The quantitative estimate of drug-likeness (QED) is 0.269. The SMILES string of the molecule is O=C(NCCCSc1ccc(F)cc1)c1ccc(-n2cncn2)c([N+](=O)[O-])c1. The average molecular weight is 401 g/mol. The molecule has 28 heavy (non-hydrogen) atoms. The van der Waals surface area contributed by atoms with E-state index in [1.165, 1.54) is 47.7 Å². The van der Waals surface area contributed by atoms with Crippen molar-refractivity contribution in [1.82, 2.24) is 20.1 Å². The molecule has 3 rings (SSSR count). The molecule has 0 radical (unpaired) electrons. The number of halogens is 1. The highest BCUT2D eigenvalue weighted by Gasteiger charge is 2.19. The Kier molecular flexibility index (Phi) is 6.33. The van der Waals surface area contributed by atoms with Gasteiger partial charge in [-0.15, -0.1) is 11.8 Å². The fourth-order valence-electron chi connectivity index (χ4n) is 2.43. The number of benzene rings is 2. The predicted molar refractivity (Wildman–Crippen MR) is 102 cm³/mol. The standard InChI is InChI=1S/C18H16FN5O3S/c19-14-3-5-15(6-4-14)28-9-1-8-21-18(25)13-2-7-16(17(10-13)24(26)27)23-12-20-11-22-23/h2-7,10-12H,1,8-9H2,(H,21,25). The number of rotatable bonds is 8. The van der Waals surface area contributed by atoms with Gasteiger partial charge < -0.3 is 5.32 Å². The summed E-state index contributed by atoms with van der Waals surface area (Å²) in [6.07, 6.45) is 3.32. The lowest BCUT2D eigenvalue weighted by atomic mass is 10.1. The van der Waals surface area contributed by atoms with Gasteiger partial charge >= 0.3 is 0 Å². The molecule has 0 unspecified atom stereocenters. The predicted octanol–water partition coefficient (Wildman–Crippen LogP) is 3.23. The van der Waals surface area contributed by atoms with Crippen LogP contribution in [0, 0.1) is 15.9 Å². The molecular weight excluding hydrogens is 385 g/mol. The molecule has 10 heteroatoms. The van der Waals surface area contributed by atoms with E-state index in [-0.39, 0.29) is 28.7 Å². The lowest BCUT2D eigenvalue weighted by Gasteiger charge is -2.07. The minimum Gasteiger partial charge on any atom is -0.352 e. The third-order valence-corrected chi connectivity index (χ3v) is 4.89.